The second kappa shape index (κ2) is 7.03. The molecule has 0 saturated heterocycles. The molecule has 0 fully saturated rings. The van der Waals surface area contributed by atoms with Gasteiger partial charge < -0.3 is 11.1 Å². The summed E-state index contributed by atoms with van der Waals surface area (Å²) in [6, 6.07) is 0. The van der Waals surface area contributed by atoms with Crippen LogP contribution in [0.3, 0.4) is 0 Å². The molecule has 0 bridgehead atoms. The molecular weight excluding hydrogens is 199 g/mol. The summed E-state index contributed by atoms with van der Waals surface area (Å²) < 4.78 is 0. The van der Waals surface area contributed by atoms with Crippen LogP contribution in [0.4, 0.5) is 0 Å². The van der Waals surface area contributed by atoms with Crippen molar-refractivity contribution in [2.24, 2.45) is 5.73 Å². The van der Waals surface area contributed by atoms with Crippen molar-refractivity contribution in [1.29, 1.82) is 0 Å². The maximum Gasteiger partial charge on any atom is 0.473 e. The van der Waals surface area contributed by atoms with E-state index in [0.717, 1.165) is 24.3 Å². The minimum absolute atomic E-state index is 0.488. The summed E-state index contributed by atoms with van der Waals surface area (Å²) in [5, 5.41) is 3.04. The van der Waals surface area contributed by atoms with Gasteiger partial charge in [-0.2, -0.15) is 14.7 Å². The van der Waals surface area contributed by atoms with Crippen LogP contribution in [-0.4, -0.2) is 40.1 Å². The Hall–Kier alpha value is 0.580. The lowest BCUT2D eigenvalue weighted by atomic mass is 10.4. The van der Waals surface area contributed by atoms with E-state index in [0.29, 0.717) is 18.8 Å². The fourth-order valence-corrected chi connectivity index (χ4v) is 2.08. The smallest absolute Gasteiger partial charge is 0.330 e. The Balaban J connectivity index is 3.01. The Morgan fingerprint density at radius 3 is 2.42 bits per heavy atom. The average molecular weight is 215 g/mol. The van der Waals surface area contributed by atoms with Gasteiger partial charge in [-0.1, -0.05) is 0 Å². The summed E-state index contributed by atoms with van der Waals surface area (Å²) in [4.78, 5) is 25.7. The fourth-order valence-electron chi connectivity index (χ4n) is 0.592. The standard InChI is InChI=1S/C5H16N2O3PS/c6-2-1-3-7-4-5-12-11(8,9)10/h7-10H,1-6H2/q+1. The van der Waals surface area contributed by atoms with Crippen molar-refractivity contribution in [2.75, 3.05) is 25.4 Å². The summed E-state index contributed by atoms with van der Waals surface area (Å²) in [7, 11) is -3.62. The van der Waals surface area contributed by atoms with Crippen molar-refractivity contribution in [3.8, 4) is 0 Å². The van der Waals surface area contributed by atoms with Crippen molar-refractivity contribution >= 4 is 18.5 Å². The summed E-state index contributed by atoms with van der Waals surface area (Å²) in [5.41, 5.74) is 5.25. The first-order valence-electron chi connectivity index (χ1n) is 3.69. The molecule has 6 N–H and O–H groups in total. The lowest BCUT2D eigenvalue weighted by Gasteiger charge is -2.02. The highest BCUT2D eigenvalue weighted by Gasteiger charge is 2.31. The molecule has 0 aliphatic heterocycles. The van der Waals surface area contributed by atoms with E-state index in [9.17, 15) is 0 Å². The number of nitrogens with two attached hydrogens (primary N) is 1. The Labute approximate surface area is 76.7 Å². The molecule has 0 aromatic heterocycles. The third-order valence-corrected chi connectivity index (χ3v) is 3.42. The molecule has 0 unspecified atom stereocenters. The highest BCUT2D eigenvalue weighted by Crippen LogP contribution is 2.58. The third kappa shape index (κ3) is 10.6. The van der Waals surface area contributed by atoms with E-state index in [2.05, 4.69) is 5.32 Å². The molecular formula is C5H16N2O3PS+. The van der Waals surface area contributed by atoms with E-state index in [-0.39, 0.29) is 0 Å². The van der Waals surface area contributed by atoms with Gasteiger partial charge in [-0.3, -0.25) is 0 Å². The van der Waals surface area contributed by atoms with Crippen LogP contribution in [0.25, 0.3) is 0 Å². The van der Waals surface area contributed by atoms with E-state index in [1.165, 1.54) is 0 Å². The molecule has 0 aromatic rings. The predicted molar refractivity (Wildman–Crippen MR) is 52.6 cm³/mol. The van der Waals surface area contributed by atoms with Gasteiger partial charge in [-0.15, -0.1) is 0 Å². The summed E-state index contributed by atoms with van der Waals surface area (Å²) in [6.07, 6.45) is 0.905. The minimum atomic E-state index is -3.62. The van der Waals surface area contributed by atoms with Crippen LogP contribution in [0.5, 0.6) is 0 Å². The first-order valence-corrected chi connectivity index (χ1v) is 6.92. The SMILES string of the molecule is NCCCNCCS[P+](O)(O)O. The van der Waals surface area contributed by atoms with Gasteiger partial charge in [0.15, 0.2) is 0 Å². The van der Waals surface area contributed by atoms with Gasteiger partial charge in [0.1, 0.15) is 11.4 Å². The topological polar surface area (TPSA) is 98.7 Å². The Bertz CT molecular complexity index is 111. The van der Waals surface area contributed by atoms with Gasteiger partial charge in [-0.05, 0) is 19.5 Å². The van der Waals surface area contributed by atoms with Crippen LogP contribution in [-0.2, 0) is 0 Å². The Morgan fingerprint density at radius 2 is 1.92 bits per heavy atom. The molecule has 5 nitrogen and oxygen atoms in total. The number of rotatable bonds is 7. The lowest BCUT2D eigenvalue weighted by Crippen LogP contribution is -2.20. The maximum absolute atomic E-state index is 8.56. The lowest BCUT2D eigenvalue weighted by molar-refractivity contribution is 0.358. The van der Waals surface area contributed by atoms with E-state index in [4.69, 9.17) is 20.4 Å². The van der Waals surface area contributed by atoms with Crippen LogP contribution < -0.4 is 11.1 Å². The fraction of sp³-hybridized carbons (Fsp3) is 1.00. The van der Waals surface area contributed by atoms with Crippen molar-refractivity contribution in [3.63, 3.8) is 0 Å². The van der Waals surface area contributed by atoms with Crippen molar-refractivity contribution in [3.05, 3.63) is 0 Å². The van der Waals surface area contributed by atoms with Crippen molar-refractivity contribution < 1.29 is 14.7 Å². The zero-order chi connectivity index (χ0) is 9.45. The zero-order valence-corrected chi connectivity index (χ0v) is 8.52. The molecule has 0 radical (unpaired) electrons. The van der Waals surface area contributed by atoms with Gasteiger partial charge in [0.05, 0.1) is 5.75 Å². The minimum Gasteiger partial charge on any atom is -0.330 e. The van der Waals surface area contributed by atoms with E-state index in [1.54, 1.807) is 0 Å². The van der Waals surface area contributed by atoms with Crippen LogP contribution in [0.1, 0.15) is 6.42 Å². The van der Waals surface area contributed by atoms with E-state index in [1.807, 2.05) is 0 Å². The molecule has 0 atom stereocenters. The van der Waals surface area contributed by atoms with E-state index < -0.39 is 7.15 Å². The monoisotopic (exact) mass is 215 g/mol. The number of hydrogen-bond acceptors (Lipinski definition) is 6. The van der Waals surface area contributed by atoms with Crippen LogP contribution >= 0.6 is 18.5 Å². The van der Waals surface area contributed by atoms with Crippen LogP contribution in [0.15, 0.2) is 0 Å². The van der Waals surface area contributed by atoms with Gasteiger partial charge in [0.2, 0.25) is 0 Å². The molecule has 0 spiro atoms. The average Bonchev–Trinajstić information content (AvgIpc) is 1.94. The maximum atomic E-state index is 8.56. The Morgan fingerprint density at radius 1 is 1.25 bits per heavy atom. The zero-order valence-electron chi connectivity index (χ0n) is 6.81. The molecule has 0 aromatic carbocycles. The van der Waals surface area contributed by atoms with E-state index >= 15 is 0 Å². The van der Waals surface area contributed by atoms with Crippen molar-refractivity contribution in [2.45, 2.75) is 6.42 Å². The molecule has 0 rings (SSSR count). The summed E-state index contributed by atoms with van der Waals surface area (Å²) in [5.74, 6) is 0.488. The van der Waals surface area contributed by atoms with Gasteiger partial charge in [0.25, 0.3) is 0 Å². The summed E-state index contributed by atoms with van der Waals surface area (Å²) >= 11 is 0.776. The predicted octanol–water partition coefficient (Wildman–Crippen LogP) is -0.687. The summed E-state index contributed by atoms with van der Waals surface area (Å²) in [6.45, 7) is 2.12. The Kier molecular flexibility index (Phi) is 7.37. The molecule has 0 aliphatic carbocycles. The first kappa shape index (κ1) is 12.6. The first-order chi connectivity index (χ1) is 5.56. The molecule has 7 heteroatoms. The molecule has 12 heavy (non-hydrogen) atoms. The normalized spacial score (nSPS) is 12.0. The number of hydrogen-bond donors (Lipinski definition) is 5. The van der Waals surface area contributed by atoms with Crippen LogP contribution in [0, 0.1) is 0 Å². The highest BCUT2D eigenvalue weighted by molar-refractivity contribution is 8.56. The second-order valence-electron chi connectivity index (χ2n) is 2.24. The quantitative estimate of drug-likeness (QED) is 0.285. The molecule has 74 valence electrons. The third-order valence-electron chi connectivity index (χ3n) is 1.10. The molecule has 0 aliphatic rings. The molecule has 0 saturated carbocycles. The largest absolute Gasteiger partial charge is 0.473 e. The van der Waals surface area contributed by atoms with Gasteiger partial charge >= 0.3 is 7.15 Å². The highest BCUT2D eigenvalue weighted by atomic mass is 32.7. The second-order valence-corrected chi connectivity index (χ2v) is 6.18. The number of nitrogens with one attached hydrogen (secondary N) is 1. The van der Waals surface area contributed by atoms with Crippen LogP contribution in [0.2, 0.25) is 0 Å². The van der Waals surface area contributed by atoms with Crippen molar-refractivity contribution in [1.82, 2.24) is 5.32 Å². The molecule has 0 heterocycles. The van der Waals surface area contributed by atoms with Gasteiger partial charge in [-0.25, -0.2) is 0 Å². The molecule has 0 amide bonds. The van der Waals surface area contributed by atoms with Gasteiger partial charge in [0, 0.05) is 6.54 Å².